The third-order valence-corrected chi connectivity index (χ3v) is 4.62. The molecule has 0 atom stereocenters. The van der Waals surface area contributed by atoms with Crippen molar-refractivity contribution in [1.29, 1.82) is 0 Å². The van der Waals surface area contributed by atoms with Crippen LogP contribution < -0.4 is 10.1 Å². The zero-order valence-electron chi connectivity index (χ0n) is 12.8. The average molecular weight is 295 g/mol. The van der Waals surface area contributed by atoms with Gasteiger partial charge in [0.25, 0.3) is 5.91 Å². The molecule has 1 saturated carbocycles. The van der Waals surface area contributed by atoms with E-state index in [2.05, 4.69) is 29.6 Å². The van der Waals surface area contributed by atoms with Gasteiger partial charge in [-0.2, -0.15) is 0 Å². The summed E-state index contributed by atoms with van der Waals surface area (Å²) in [7, 11) is 1.61. The summed E-state index contributed by atoms with van der Waals surface area (Å²) < 4.78 is 5.17. The molecule has 0 aromatic heterocycles. The summed E-state index contributed by atoms with van der Waals surface area (Å²) in [4.78, 5) is 12.4. The van der Waals surface area contributed by atoms with E-state index in [0.29, 0.717) is 17.9 Å². The smallest absolute Gasteiger partial charge is 0.251 e. The molecule has 1 aliphatic rings. The van der Waals surface area contributed by atoms with E-state index in [9.17, 15) is 4.79 Å². The molecule has 2 aromatic rings. The van der Waals surface area contributed by atoms with Crippen LogP contribution in [0.3, 0.4) is 0 Å². The van der Waals surface area contributed by atoms with Gasteiger partial charge in [0.2, 0.25) is 0 Å². The zero-order valence-corrected chi connectivity index (χ0v) is 12.8. The third-order valence-electron chi connectivity index (χ3n) is 4.62. The number of methoxy groups -OCH3 is 1. The van der Waals surface area contributed by atoms with Crippen LogP contribution in [0.2, 0.25) is 0 Å². The number of rotatable bonds is 5. The summed E-state index contributed by atoms with van der Waals surface area (Å²) in [5.74, 6) is 0.662. The van der Waals surface area contributed by atoms with Crippen LogP contribution in [0.1, 0.15) is 35.2 Å². The molecule has 3 rings (SSSR count). The second-order valence-electron chi connectivity index (χ2n) is 5.91. The fraction of sp³-hybridized carbons (Fsp3) is 0.316. The minimum absolute atomic E-state index is 0.0406. The lowest BCUT2D eigenvalue weighted by Gasteiger charge is -2.42. The van der Waals surface area contributed by atoms with Crippen molar-refractivity contribution in [2.45, 2.75) is 24.7 Å². The minimum Gasteiger partial charge on any atom is -0.497 e. The number of benzene rings is 2. The molecule has 0 unspecified atom stereocenters. The molecule has 0 radical (unpaired) electrons. The first-order chi connectivity index (χ1) is 10.7. The summed E-state index contributed by atoms with van der Waals surface area (Å²) in [6.45, 7) is 0.688. The maximum absolute atomic E-state index is 12.4. The first-order valence-electron chi connectivity index (χ1n) is 7.71. The van der Waals surface area contributed by atoms with E-state index in [-0.39, 0.29) is 11.3 Å². The fourth-order valence-electron chi connectivity index (χ4n) is 3.08. The highest BCUT2D eigenvalue weighted by Gasteiger charge is 2.38. The van der Waals surface area contributed by atoms with Crippen molar-refractivity contribution in [2.75, 3.05) is 13.7 Å². The molecule has 0 aliphatic heterocycles. The number of amides is 1. The van der Waals surface area contributed by atoms with Gasteiger partial charge in [0, 0.05) is 17.5 Å². The number of carbonyl (C=O) groups excluding carboxylic acids is 1. The summed E-state index contributed by atoms with van der Waals surface area (Å²) in [5, 5.41) is 3.10. The van der Waals surface area contributed by atoms with E-state index >= 15 is 0 Å². The van der Waals surface area contributed by atoms with E-state index in [4.69, 9.17) is 4.74 Å². The highest BCUT2D eigenvalue weighted by atomic mass is 16.5. The molecular formula is C19H21NO2. The molecule has 1 aliphatic carbocycles. The molecule has 22 heavy (non-hydrogen) atoms. The molecule has 1 amide bonds. The number of hydrogen-bond donors (Lipinski definition) is 1. The largest absolute Gasteiger partial charge is 0.497 e. The molecule has 0 bridgehead atoms. The predicted molar refractivity (Wildman–Crippen MR) is 87.3 cm³/mol. The second-order valence-corrected chi connectivity index (χ2v) is 5.91. The molecule has 2 aromatic carbocycles. The van der Waals surface area contributed by atoms with Crippen molar-refractivity contribution in [3.05, 3.63) is 65.7 Å². The van der Waals surface area contributed by atoms with Gasteiger partial charge >= 0.3 is 0 Å². The monoisotopic (exact) mass is 295 g/mol. The van der Waals surface area contributed by atoms with Crippen LogP contribution in [0, 0.1) is 0 Å². The Balaban J connectivity index is 1.69. The summed E-state index contributed by atoms with van der Waals surface area (Å²) >= 11 is 0. The molecule has 0 saturated heterocycles. The van der Waals surface area contributed by atoms with E-state index < -0.39 is 0 Å². The molecular weight excluding hydrogens is 274 g/mol. The summed E-state index contributed by atoms with van der Waals surface area (Å²) in [6, 6.07) is 17.8. The molecule has 0 spiro atoms. The number of nitrogens with one attached hydrogen (secondary N) is 1. The van der Waals surface area contributed by atoms with E-state index in [1.54, 1.807) is 13.2 Å². The lowest BCUT2D eigenvalue weighted by atomic mass is 9.64. The quantitative estimate of drug-likeness (QED) is 0.916. The first-order valence-corrected chi connectivity index (χ1v) is 7.71. The number of carbonyl (C=O) groups is 1. The van der Waals surface area contributed by atoms with Crippen molar-refractivity contribution in [3.63, 3.8) is 0 Å². The van der Waals surface area contributed by atoms with Crippen molar-refractivity contribution in [1.82, 2.24) is 5.32 Å². The van der Waals surface area contributed by atoms with Crippen LogP contribution >= 0.6 is 0 Å². The Hall–Kier alpha value is -2.29. The topological polar surface area (TPSA) is 38.3 Å². The van der Waals surface area contributed by atoms with Crippen LogP contribution in [0.4, 0.5) is 0 Å². The lowest BCUT2D eigenvalue weighted by molar-refractivity contribution is 0.0927. The van der Waals surface area contributed by atoms with Gasteiger partial charge in [-0.15, -0.1) is 0 Å². The van der Waals surface area contributed by atoms with Crippen LogP contribution in [0.25, 0.3) is 0 Å². The Labute approximate surface area is 131 Å². The lowest BCUT2D eigenvalue weighted by Crippen LogP contribution is -2.45. The van der Waals surface area contributed by atoms with Crippen LogP contribution in [-0.4, -0.2) is 19.6 Å². The summed E-state index contributed by atoms with van der Waals surface area (Å²) in [6.07, 6.45) is 3.49. The van der Waals surface area contributed by atoms with Crippen LogP contribution in [0.15, 0.2) is 54.6 Å². The average Bonchev–Trinajstić information content (AvgIpc) is 2.54. The highest BCUT2D eigenvalue weighted by Crippen LogP contribution is 2.43. The van der Waals surface area contributed by atoms with Crippen LogP contribution in [0.5, 0.6) is 5.75 Å². The third kappa shape index (κ3) is 2.84. The Morgan fingerprint density at radius 2 is 1.91 bits per heavy atom. The van der Waals surface area contributed by atoms with Crippen molar-refractivity contribution in [3.8, 4) is 5.75 Å². The number of hydrogen-bond acceptors (Lipinski definition) is 2. The molecule has 3 nitrogen and oxygen atoms in total. The standard InChI is InChI=1S/C19H21NO2/c1-22-17-10-5-7-15(13-17)18(21)20-14-19(11-6-12-19)16-8-3-2-4-9-16/h2-5,7-10,13H,6,11-12,14H2,1H3,(H,20,21). The normalized spacial score (nSPS) is 15.7. The fourth-order valence-corrected chi connectivity index (χ4v) is 3.08. The molecule has 1 N–H and O–H groups in total. The van der Waals surface area contributed by atoms with Gasteiger partial charge in [0.1, 0.15) is 5.75 Å². The maximum atomic E-state index is 12.4. The Kier molecular flexibility index (Phi) is 4.14. The van der Waals surface area contributed by atoms with Gasteiger partial charge in [0.05, 0.1) is 7.11 Å². The Morgan fingerprint density at radius 3 is 2.55 bits per heavy atom. The Bertz CT molecular complexity index is 647. The molecule has 0 heterocycles. The molecule has 1 fully saturated rings. The van der Waals surface area contributed by atoms with Gasteiger partial charge in [-0.05, 0) is 36.6 Å². The van der Waals surface area contributed by atoms with E-state index in [1.807, 2.05) is 24.3 Å². The number of ether oxygens (including phenoxy) is 1. The van der Waals surface area contributed by atoms with Crippen molar-refractivity contribution < 1.29 is 9.53 Å². The van der Waals surface area contributed by atoms with Gasteiger partial charge in [-0.1, -0.05) is 42.8 Å². The molecule has 114 valence electrons. The predicted octanol–water partition coefficient (Wildman–Crippen LogP) is 3.55. The summed E-state index contributed by atoms with van der Waals surface area (Å²) in [5.41, 5.74) is 2.07. The van der Waals surface area contributed by atoms with E-state index in [0.717, 1.165) is 12.8 Å². The van der Waals surface area contributed by atoms with Gasteiger partial charge in [-0.3, -0.25) is 4.79 Å². The highest BCUT2D eigenvalue weighted by molar-refractivity contribution is 5.94. The Morgan fingerprint density at radius 1 is 1.14 bits per heavy atom. The SMILES string of the molecule is COc1cccc(C(=O)NCC2(c3ccccc3)CCC2)c1. The van der Waals surface area contributed by atoms with Crippen molar-refractivity contribution >= 4 is 5.91 Å². The van der Waals surface area contributed by atoms with Gasteiger partial charge < -0.3 is 10.1 Å². The van der Waals surface area contributed by atoms with Crippen molar-refractivity contribution in [2.24, 2.45) is 0 Å². The minimum atomic E-state index is -0.0406. The first kappa shape index (κ1) is 14.6. The van der Waals surface area contributed by atoms with Gasteiger partial charge in [-0.25, -0.2) is 0 Å². The zero-order chi connectivity index (χ0) is 15.4. The maximum Gasteiger partial charge on any atom is 0.251 e. The van der Waals surface area contributed by atoms with Crippen LogP contribution in [-0.2, 0) is 5.41 Å². The second kappa shape index (κ2) is 6.22. The molecule has 3 heteroatoms. The van der Waals surface area contributed by atoms with E-state index in [1.165, 1.54) is 12.0 Å². The van der Waals surface area contributed by atoms with Gasteiger partial charge in [0.15, 0.2) is 0 Å².